The lowest BCUT2D eigenvalue weighted by Crippen LogP contribution is -2.29. The van der Waals surface area contributed by atoms with Crippen LogP contribution in [0.2, 0.25) is 0 Å². The topological polar surface area (TPSA) is 20.3 Å². The predicted octanol–water partition coefficient (Wildman–Crippen LogP) is 1.47. The van der Waals surface area contributed by atoms with Crippen molar-refractivity contribution in [3.63, 3.8) is 0 Å². The van der Waals surface area contributed by atoms with Gasteiger partial charge in [-0.2, -0.15) is 0 Å². The number of carbonyl (C=O) groups excluding carboxylic acids is 1. The summed E-state index contributed by atoms with van der Waals surface area (Å²) in [5.41, 5.74) is 0. The summed E-state index contributed by atoms with van der Waals surface area (Å²) in [7, 11) is 0. The molecule has 2 nitrogen and oxygen atoms in total. The van der Waals surface area contributed by atoms with E-state index < -0.39 is 0 Å². The summed E-state index contributed by atoms with van der Waals surface area (Å²) >= 11 is 0. The van der Waals surface area contributed by atoms with Gasteiger partial charge in [0.1, 0.15) is 0 Å². The first kappa shape index (κ1) is 9.47. The molecular formula is C8H16NO. The molecule has 0 aliphatic rings. The Balaban J connectivity index is 3.50. The van der Waals surface area contributed by atoms with E-state index in [0.717, 1.165) is 25.9 Å². The van der Waals surface area contributed by atoms with E-state index in [2.05, 4.69) is 13.8 Å². The van der Waals surface area contributed by atoms with Crippen LogP contribution >= 0.6 is 0 Å². The SMILES string of the molecule is [CH2]C(=O)N(CC)CCCC. The Kier molecular flexibility index (Phi) is 4.99. The first-order chi connectivity index (χ1) is 4.72. The second-order valence-corrected chi connectivity index (χ2v) is 2.33. The molecule has 0 aliphatic carbocycles. The molecule has 0 aromatic heterocycles. The molecule has 0 fully saturated rings. The van der Waals surface area contributed by atoms with Gasteiger partial charge in [-0.15, -0.1) is 0 Å². The molecule has 0 spiro atoms. The minimum absolute atomic E-state index is 0.0593. The van der Waals surface area contributed by atoms with E-state index in [4.69, 9.17) is 0 Å². The van der Waals surface area contributed by atoms with E-state index in [9.17, 15) is 4.79 Å². The summed E-state index contributed by atoms with van der Waals surface area (Å²) in [6.45, 7) is 9.07. The minimum atomic E-state index is -0.0593. The van der Waals surface area contributed by atoms with Gasteiger partial charge < -0.3 is 4.90 Å². The van der Waals surface area contributed by atoms with Gasteiger partial charge >= 0.3 is 0 Å². The maximum absolute atomic E-state index is 10.7. The van der Waals surface area contributed by atoms with Crippen LogP contribution < -0.4 is 0 Å². The van der Waals surface area contributed by atoms with Gasteiger partial charge in [-0.3, -0.25) is 4.79 Å². The van der Waals surface area contributed by atoms with E-state index in [1.165, 1.54) is 0 Å². The van der Waals surface area contributed by atoms with Gasteiger partial charge in [-0.25, -0.2) is 0 Å². The number of hydrogen-bond acceptors (Lipinski definition) is 1. The second kappa shape index (κ2) is 5.27. The normalized spacial score (nSPS) is 9.50. The molecule has 0 rings (SSSR count). The Morgan fingerprint density at radius 2 is 2.10 bits per heavy atom. The highest BCUT2D eigenvalue weighted by atomic mass is 16.2. The Morgan fingerprint density at radius 3 is 2.40 bits per heavy atom. The summed E-state index contributed by atoms with van der Waals surface area (Å²) in [4.78, 5) is 12.4. The summed E-state index contributed by atoms with van der Waals surface area (Å²) in [5.74, 6) is -0.0593. The van der Waals surface area contributed by atoms with Crippen molar-refractivity contribution >= 4 is 5.91 Å². The molecule has 0 aromatic rings. The van der Waals surface area contributed by atoms with Gasteiger partial charge in [-0.1, -0.05) is 13.3 Å². The van der Waals surface area contributed by atoms with Gasteiger partial charge in [0.2, 0.25) is 5.91 Å². The summed E-state index contributed by atoms with van der Waals surface area (Å²) in [6.07, 6.45) is 2.21. The van der Waals surface area contributed by atoms with Gasteiger partial charge in [0.15, 0.2) is 0 Å². The Bertz CT molecular complexity index is 101. The van der Waals surface area contributed by atoms with Crippen LogP contribution in [0.3, 0.4) is 0 Å². The molecule has 0 aliphatic heterocycles. The van der Waals surface area contributed by atoms with Crippen molar-refractivity contribution in [2.75, 3.05) is 13.1 Å². The number of rotatable bonds is 4. The molecular weight excluding hydrogens is 126 g/mol. The van der Waals surface area contributed by atoms with Crippen LogP contribution in [0.25, 0.3) is 0 Å². The van der Waals surface area contributed by atoms with Crippen molar-refractivity contribution in [1.82, 2.24) is 4.90 Å². The number of nitrogens with zero attached hydrogens (tertiary/aromatic N) is 1. The van der Waals surface area contributed by atoms with E-state index in [-0.39, 0.29) is 5.91 Å². The molecule has 0 aromatic carbocycles. The third kappa shape index (κ3) is 3.49. The molecule has 59 valence electrons. The summed E-state index contributed by atoms with van der Waals surface area (Å²) in [6, 6.07) is 0. The van der Waals surface area contributed by atoms with Gasteiger partial charge in [0.05, 0.1) is 0 Å². The highest BCUT2D eigenvalue weighted by Crippen LogP contribution is 1.93. The molecule has 10 heavy (non-hydrogen) atoms. The third-order valence-electron chi connectivity index (χ3n) is 1.52. The summed E-state index contributed by atoms with van der Waals surface area (Å²) < 4.78 is 0. The molecule has 1 amide bonds. The number of unbranched alkanes of at least 4 members (excludes halogenated alkanes) is 1. The second-order valence-electron chi connectivity index (χ2n) is 2.33. The number of hydrogen-bond donors (Lipinski definition) is 0. The largest absolute Gasteiger partial charge is 0.343 e. The van der Waals surface area contributed by atoms with Crippen molar-refractivity contribution in [1.29, 1.82) is 0 Å². The van der Waals surface area contributed by atoms with Crippen molar-refractivity contribution in [2.45, 2.75) is 26.7 Å². The average molecular weight is 142 g/mol. The van der Waals surface area contributed by atoms with Crippen molar-refractivity contribution < 1.29 is 4.79 Å². The molecule has 0 saturated carbocycles. The first-order valence-corrected chi connectivity index (χ1v) is 3.83. The fourth-order valence-corrected chi connectivity index (χ4v) is 0.808. The minimum Gasteiger partial charge on any atom is -0.343 e. The highest BCUT2D eigenvalue weighted by molar-refractivity contribution is 5.80. The molecule has 1 radical (unpaired) electrons. The standard InChI is InChI=1S/C8H16NO/c1-4-6-7-9(5-2)8(3)10/h3-7H2,1-2H3. The van der Waals surface area contributed by atoms with Crippen molar-refractivity contribution in [3.8, 4) is 0 Å². The van der Waals surface area contributed by atoms with Gasteiger partial charge in [0.25, 0.3) is 0 Å². The zero-order valence-corrected chi connectivity index (χ0v) is 6.89. The van der Waals surface area contributed by atoms with E-state index >= 15 is 0 Å². The average Bonchev–Trinajstić information content (AvgIpc) is 1.89. The first-order valence-electron chi connectivity index (χ1n) is 3.83. The monoisotopic (exact) mass is 142 g/mol. The maximum Gasteiger partial charge on any atom is 0.223 e. The van der Waals surface area contributed by atoms with E-state index in [1.54, 1.807) is 4.90 Å². The van der Waals surface area contributed by atoms with Crippen molar-refractivity contribution in [3.05, 3.63) is 6.92 Å². The molecule has 0 bridgehead atoms. The molecule has 0 unspecified atom stereocenters. The van der Waals surface area contributed by atoms with E-state index in [1.807, 2.05) is 6.92 Å². The van der Waals surface area contributed by atoms with Crippen LogP contribution in [0.5, 0.6) is 0 Å². The van der Waals surface area contributed by atoms with E-state index in [0.29, 0.717) is 0 Å². The highest BCUT2D eigenvalue weighted by Gasteiger charge is 2.02. The van der Waals surface area contributed by atoms with Crippen LogP contribution in [0.15, 0.2) is 0 Å². The van der Waals surface area contributed by atoms with Crippen LogP contribution in [-0.4, -0.2) is 23.9 Å². The zero-order valence-electron chi connectivity index (χ0n) is 6.89. The smallest absolute Gasteiger partial charge is 0.223 e. The molecule has 0 heterocycles. The van der Waals surface area contributed by atoms with Crippen LogP contribution in [0.1, 0.15) is 26.7 Å². The molecule has 0 N–H and O–H groups in total. The number of amides is 1. The number of carbonyl (C=O) groups is 1. The molecule has 0 atom stereocenters. The summed E-state index contributed by atoms with van der Waals surface area (Å²) in [5, 5.41) is 0. The predicted molar refractivity (Wildman–Crippen MR) is 42.5 cm³/mol. The lowest BCUT2D eigenvalue weighted by molar-refractivity contribution is -0.126. The Labute approximate surface area is 63.2 Å². The Morgan fingerprint density at radius 1 is 1.50 bits per heavy atom. The molecule has 2 heteroatoms. The van der Waals surface area contributed by atoms with Gasteiger partial charge in [0, 0.05) is 20.0 Å². The molecule has 0 saturated heterocycles. The van der Waals surface area contributed by atoms with Crippen LogP contribution in [-0.2, 0) is 4.79 Å². The van der Waals surface area contributed by atoms with Crippen molar-refractivity contribution in [2.24, 2.45) is 0 Å². The lowest BCUT2D eigenvalue weighted by atomic mass is 10.3. The maximum atomic E-state index is 10.7. The fourth-order valence-electron chi connectivity index (χ4n) is 0.808. The van der Waals surface area contributed by atoms with Crippen LogP contribution in [0, 0.1) is 6.92 Å². The Hall–Kier alpha value is -0.530. The van der Waals surface area contributed by atoms with Gasteiger partial charge in [-0.05, 0) is 13.3 Å². The quantitative estimate of drug-likeness (QED) is 0.582. The fraction of sp³-hybridized carbons (Fsp3) is 0.750. The lowest BCUT2D eigenvalue weighted by Gasteiger charge is -2.17. The third-order valence-corrected chi connectivity index (χ3v) is 1.52. The van der Waals surface area contributed by atoms with Crippen LogP contribution in [0.4, 0.5) is 0 Å². The zero-order chi connectivity index (χ0) is 7.98.